The molecule has 1 rings (SSSR count). The van der Waals surface area contributed by atoms with Crippen molar-refractivity contribution in [1.29, 1.82) is 0 Å². The van der Waals surface area contributed by atoms with Crippen molar-refractivity contribution in [3.05, 3.63) is 41.0 Å². The van der Waals surface area contributed by atoms with Gasteiger partial charge in [-0.05, 0) is 49.3 Å². The van der Waals surface area contributed by atoms with Crippen LogP contribution >= 0.6 is 0 Å². The Balaban J connectivity index is 2.90. The van der Waals surface area contributed by atoms with E-state index in [0.717, 1.165) is 6.42 Å². The van der Waals surface area contributed by atoms with Crippen molar-refractivity contribution in [3.63, 3.8) is 0 Å². The van der Waals surface area contributed by atoms with Crippen LogP contribution in [-0.2, 0) is 4.79 Å². The monoisotopic (exact) mass is 260 g/mol. The summed E-state index contributed by atoms with van der Waals surface area (Å²) in [4.78, 5) is 10.5. The maximum Gasteiger partial charge on any atom is 0.303 e. The lowest BCUT2D eigenvalue weighted by Crippen LogP contribution is -1.98. The minimum Gasteiger partial charge on any atom is -0.481 e. The second kappa shape index (κ2) is 7.13. The molecule has 19 heavy (non-hydrogen) atoms. The third kappa shape index (κ3) is 4.90. The average Bonchev–Trinajstić information content (AvgIpc) is 2.32. The van der Waals surface area contributed by atoms with E-state index in [0.29, 0.717) is 12.3 Å². The van der Waals surface area contributed by atoms with Gasteiger partial charge >= 0.3 is 5.97 Å². The van der Waals surface area contributed by atoms with Gasteiger partial charge in [-0.25, -0.2) is 0 Å². The summed E-state index contributed by atoms with van der Waals surface area (Å²) in [5, 5.41) is 8.66. The highest BCUT2D eigenvalue weighted by Crippen LogP contribution is 2.27. The maximum atomic E-state index is 10.5. The number of hydrogen-bond acceptors (Lipinski definition) is 1. The predicted octanol–water partition coefficient (Wildman–Crippen LogP) is 4.60. The molecule has 1 aromatic carbocycles. The van der Waals surface area contributed by atoms with E-state index in [9.17, 15) is 4.79 Å². The Morgan fingerprint density at radius 3 is 2.58 bits per heavy atom. The first-order valence-electron chi connectivity index (χ1n) is 6.91. The highest BCUT2D eigenvalue weighted by Gasteiger charge is 2.09. The minimum absolute atomic E-state index is 0.245. The molecule has 0 unspecified atom stereocenters. The Morgan fingerprint density at radius 1 is 1.32 bits per heavy atom. The van der Waals surface area contributed by atoms with Gasteiger partial charge in [-0.3, -0.25) is 4.79 Å². The van der Waals surface area contributed by atoms with Crippen LogP contribution in [0, 0.1) is 19.8 Å². The fourth-order valence-corrected chi connectivity index (χ4v) is 2.21. The molecule has 0 bridgehead atoms. The minimum atomic E-state index is -0.716. The second-order valence-corrected chi connectivity index (χ2v) is 5.42. The predicted molar refractivity (Wildman–Crippen MR) is 80.2 cm³/mol. The molecule has 0 saturated heterocycles. The van der Waals surface area contributed by atoms with Crippen LogP contribution in [-0.4, -0.2) is 11.1 Å². The molecule has 104 valence electrons. The third-order valence-corrected chi connectivity index (χ3v) is 3.29. The number of carbonyl (C=O) groups is 1. The first-order chi connectivity index (χ1) is 8.91. The molecule has 1 N–H and O–H groups in total. The van der Waals surface area contributed by atoms with Gasteiger partial charge in [0.2, 0.25) is 0 Å². The number of allylic oxidation sites excluding steroid dienone is 2. The van der Waals surface area contributed by atoms with Crippen LogP contribution in [0.5, 0.6) is 0 Å². The van der Waals surface area contributed by atoms with E-state index in [1.807, 2.05) is 0 Å². The molecule has 2 heteroatoms. The quantitative estimate of drug-likeness (QED) is 0.759. The standard InChI is InChI=1S/C17H24O2/c1-12(2)15(7-5-6-8-17(18)19)16-11-13(3)9-10-14(16)4/h7,9-12H,5-6,8H2,1-4H3,(H,18,19)/b15-7+. The van der Waals surface area contributed by atoms with Crippen LogP contribution in [0.1, 0.15) is 49.8 Å². The topological polar surface area (TPSA) is 37.3 Å². The van der Waals surface area contributed by atoms with Gasteiger partial charge in [-0.2, -0.15) is 0 Å². The van der Waals surface area contributed by atoms with Gasteiger partial charge in [-0.15, -0.1) is 0 Å². The zero-order valence-electron chi connectivity index (χ0n) is 12.4. The molecule has 0 amide bonds. The molecule has 1 aromatic rings. The van der Waals surface area contributed by atoms with Crippen LogP contribution in [0.4, 0.5) is 0 Å². The number of carboxylic acids is 1. The Bertz CT molecular complexity index is 470. The largest absolute Gasteiger partial charge is 0.481 e. The molecule has 0 aliphatic rings. The molecular formula is C17H24O2. The summed E-state index contributed by atoms with van der Waals surface area (Å²) in [5.74, 6) is -0.267. The lowest BCUT2D eigenvalue weighted by Gasteiger charge is -2.15. The molecule has 0 saturated carbocycles. The van der Waals surface area contributed by atoms with Crippen LogP contribution in [0.15, 0.2) is 24.3 Å². The van der Waals surface area contributed by atoms with Crippen LogP contribution in [0.2, 0.25) is 0 Å². The Kier molecular flexibility index (Phi) is 5.81. The van der Waals surface area contributed by atoms with E-state index in [4.69, 9.17) is 5.11 Å². The summed E-state index contributed by atoms with van der Waals surface area (Å²) in [5.41, 5.74) is 5.17. The Labute approximate surface area is 116 Å². The summed E-state index contributed by atoms with van der Waals surface area (Å²) in [7, 11) is 0. The zero-order chi connectivity index (χ0) is 14.4. The van der Waals surface area contributed by atoms with Gasteiger partial charge in [0.25, 0.3) is 0 Å². The number of rotatable bonds is 6. The fraction of sp³-hybridized carbons (Fsp3) is 0.471. The summed E-state index contributed by atoms with van der Waals surface area (Å²) in [6.07, 6.45) is 3.98. The van der Waals surface area contributed by atoms with Crippen molar-refractivity contribution >= 4 is 11.5 Å². The van der Waals surface area contributed by atoms with Crippen molar-refractivity contribution < 1.29 is 9.90 Å². The molecule has 0 spiro atoms. The number of unbranched alkanes of at least 4 members (excludes halogenated alkanes) is 1. The summed E-state index contributed by atoms with van der Waals surface area (Å²) < 4.78 is 0. The van der Waals surface area contributed by atoms with E-state index in [1.165, 1.54) is 22.3 Å². The lowest BCUT2D eigenvalue weighted by molar-refractivity contribution is -0.137. The van der Waals surface area contributed by atoms with E-state index in [-0.39, 0.29) is 6.42 Å². The van der Waals surface area contributed by atoms with E-state index < -0.39 is 5.97 Å². The second-order valence-electron chi connectivity index (χ2n) is 5.42. The van der Waals surface area contributed by atoms with Crippen LogP contribution < -0.4 is 0 Å². The molecule has 0 aromatic heterocycles. The first-order valence-corrected chi connectivity index (χ1v) is 6.91. The number of hydrogen-bond donors (Lipinski definition) is 1. The van der Waals surface area contributed by atoms with Gasteiger partial charge in [0.15, 0.2) is 0 Å². The van der Waals surface area contributed by atoms with Gasteiger partial charge in [0.1, 0.15) is 0 Å². The van der Waals surface area contributed by atoms with Crippen LogP contribution in [0.25, 0.3) is 5.57 Å². The van der Waals surface area contributed by atoms with Crippen molar-refractivity contribution in [2.75, 3.05) is 0 Å². The van der Waals surface area contributed by atoms with Crippen molar-refractivity contribution in [3.8, 4) is 0 Å². The number of aliphatic carboxylic acids is 1. The van der Waals surface area contributed by atoms with Crippen molar-refractivity contribution in [2.24, 2.45) is 5.92 Å². The van der Waals surface area contributed by atoms with Gasteiger partial charge in [0.05, 0.1) is 0 Å². The molecule has 2 nitrogen and oxygen atoms in total. The summed E-state index contributed by atoms with van der Waals surface area (Å²) in [6, 6.07) is 6.50. The van der Waals surface area contributed by atoms with Gasteiger partial charge in [-0.1, -0.05) is 43.7 Å². The number of carboxylic acid groups (broad SMARTS) is 1. The molecular weight excluding hydrogens is 236 g/mol. The molecule has 0 aliphatic carbocycles. The average molecular weight is 260 g/mol. The van der Waals surface area contributed by atoms with Crippen molar-refractivity contribution in [2.45, 2.75) is 47.0 Å². The number of benzene rings is 1. The molecule has 0 aliphatic heterocycles. The SMILES string of the molecule is Cc1ccc(C)c(/C(=C/CCCC(=O)O)C(C)C)c1. The normalized spacial score (nSPS) is 11.9. The molecule has 0 fully saturated rings. The highest BCUT2D eigenvalue weighted by atomic mass is 16.4. The smallest absolute Gasteiger partial charge is 0.303 e. The summed E-state index contributed by atoms with van der Waals surface area (Å²) >= 11 is 0. The fourth-order valence-electron chi connectivity index (χ4n) is 2.21. The summed E-state index contributed by atoms with van der Waals surface area (Å²) in [6.45, 7) is 8.60. The van der Waals surface area contributed by atoms with E-state index in [1.54, 1.807) is 0 Å². The van der Waals surface area contributed by atoms with Gasteiger partial charge < -0.3 is 5.11 Å². The Hall–Kier alpha value is -1.57. The molecule has 0 heterocycles. The Morgan fingerprint density at radius 2 is 2.00 bits per heavy atom. The zero-order valence-corrected chi connectivity index (χ0v) is 12.4. The first kappa shape index (κ1) is 15.5. The molecule has 0 atom stereocenters. The van der Waals surface area contributed by atoms with Crippen LogP contribution in [0.3, 0.4) is 0 Å². The highest BCUT2D eigenvalue weighted by molar-refractivity contribution is 5.70. The van der Waals surface area contributed by atoms with E-state index in [2.05, 4.69) is 52.0 Å². The lowest BCUT2D eigenvalue weighted by atomic mass is 9.90. The third-order valence-electron chi connectivity index (χ3n) is 3.29. The van der Waals surface area contributed by atoms with E-state index >= 15 is 0 Å². The molecule has 0 radical (unpaired) electrons. The number of aryl methyl sites for hydroxylation is 2. The van der Waals surface area contributed by atoms with Crippen molar-refractivity contribution in [1.82, 2.24) is 0 Å². The maximum absolute atomic E-state index is 10.5. The van der Waals surface area contributed by atoms with Gasteiger partial charge in [0, 0.05) is 6.42 Å².